The molecule has 1 aliphatic rings. The molecule has 0 saturated heterocycles. The summed E-state index contributed by atoms with van der Waals surface area (Å²) in [7, 11) is 1.54. The molecule has 1 aliphatic carbocycles. The van der Waals surface area contributed by atoms with Crippen molar-refractivity contribution in [3.05, 3.63) is 0 Å². The van der Waals surface area contributed by atoms with Gasteiger partial charge in [-0.2, -0.15) is 0 Å². The molecular weight excluding hydrogens is 224 g/mol. The number of hydrogen-bond acceptors (Lipinski definition) is 9. The standard InChI is InChI=1S/C7H16N2O7/c1-14-4-5-2-6(15-8(10)11)7(3-5)16-9(12)13/h5-7,10-13H,2-4H2,1H3/t5-,6+,7-. The lowest BCUT2D eigenvalue weighted by molar-refractivity contribution is -0.535. The van der Waals surface area contributed by atoms with Gasteiger partial charge in [-0.1, -0.05) is 0 Å². The molecular formula is C7H16N2O7. The topological polar surface area (TPSA) is 115 Å². The van der Waals surface area contributed by atoms with Crippen LogP contribution in [0, 0.1) is 5.92 Å². The van der Waals surface area contributed by atoms with Crippen LogP contribution in [0.15, 0.2) is 0 Å². The first-order chi connectivity index (χ1) is 7.52. The molecule has 1 rings (SSSR count). The maximum absolute atomic E-state index is 8.52. The molecule has 3 atom stereocenters. The number of hydrogen-bond donors (Lipinski definition) is 4. The van der Waals surface area contributed by atoms with E-state index in [1.165, 1.54) is 0 Å². The van der Waals surface area contributed by atoms with Gasteiger partial charge in [-0.25, -0.2) is 9.68 Å². The summed E-state index contributed by atoms with van der Waals surface area (Å²) in [5.41, 5.74) is 0. The molecule has 96 valence electrons. The molecule has 0 amide bonds. The first-order valence-corrected chi connectivity index (χ1v) is 4.71. The lowest BCUT2D eigenvalue weighted by atomic mass is 10.1. The van der Waals surface area contributed by atoms with Gasteiger partial charge in [0.05, 0.1) is 10.8 Å². The Balaban J connectivity index is 2.49. The smallest absolute Gasteiger partial charge is 0.113 e. The normalized spacial score (nSPS) is 30.6. The summed E-state index contributed by atoms with van der Waals surface area (Å²) in [6, 6.07) is 0. The van der Waals surface area contributed by atoms with E-state index in [1.54, 1.807) is 7.11 Å². The Morgan fingerprint density at radius 2 is 1.44 bits per heavy atom. The van der Waals surface area contributed by atoms with Gasteiger partial charge < -0.3 is 4.74 Å². The Labute approximate surface area is 91.7 Å². The second-order valence-corrected chi connectivity index (χ2v) is 3.59. The predicted octanol–water partition coefficient (Wildman–Crippen LogP) is -0.196. The van der Waals surface area contributed by atoms with Crippen molar-refractivity contribution >= 4 is 0 Å². The zero-order chi connectivity index (χ0) is 12.1. The summed E-state index contributed by atoms with van der Waals surface area (Å²) in [4.78, 5) is 9.23. The molecule has 0 unspecified atom stereocenters. The summed E-state index contributed by atoms with van der Waals surface area (Å²) >= 11 is 0. The molecule has 9 heteroatoms. The quantitative estimate of drug-likeness (QED) is 0.468. The van der Waals surface area contributed by atoms with Crippen molar-refractivity contribution in [3.63, 3.8) is 0 Å². The minimum absolute atomic E-state index is 0.0832. The molecule has 0 radical (unpaired) electrons. The Morgan fingerprint density at radius 1 is 1.00 bits per heavy atom. The average Bonchev–Trinajstić information content (AvgIpc) is 2.46. The maximum Gasteiger partial charge on any atom is 0.113 e. The molecule has 0 aliphatic heterocycles. The van der Waals surface area contributed by atoms with E-state index in [9.17, 15) is 0 Å². The van der Waals surface area contributed by atoms with Gasteiger partial charge in [0.2, 0.25) is 0 Å². The van der Waals surface area contributed by atoms with Gasteiger partial charge in [-0.15, -0.1) is 0 Å². The molecule has 0 aromatic carbocycles. The van der Waals surface area contributed by atoms with E-state index in [2.05, 4.69) is 9.68 Å². The van der Waals surface area contributed by atoms with E-state index >= 15 is 0 Å². The molecule has 1 saturated carbocycles. The molecule has 0 aromatic heterocycles. The van der Waals surface area contributed by atoms with Crippen molar-refractivity contribution in [2.75, 3.05) is 13.7 Å². The van der Waals surface area contributed by atoms with Gasteiger partial charge in [0.1, 0.15) is 12.2 Å². The summed E-state index contributed by atoms with van der Waals surface area (Å²) in [5, 5.41) is 33.2. The minimum atomic E-state index is -0.697. The Bertz CT molecular complexity index is 185. The van der Waals surface area contributed by atoms with Crippen molar-refractivity contribution in [1.29, 1.82) is 0 Å². The van der Waals surface area contributed by atoms with Gasteiger partial charge in [-0.05, 0) is 18.8 Å². The van der Waals surface area contributed by atoms with Crippen LogP contribution < -0.4 is 0 Å². The number of nitrogens with zero attached hydrogens (tertiary/aromatic N) is 2. The second-order valence-electron chi connectivity index (χ2n) is 3.59. The van der Waals surface area contributed by atoms with E-state index < -0.39 is 23.0 Å². The summed E-state index contributed by atoms with van der Waals surface area (Å²) in [6.07, 6.45) is -0.498. The van der Waals surface area contributed by atoms with Crippen LogP contribution in [0.25, 0.3) is 0 Å². The Kier molecular flexibility index (Phi) is 5.48. The molecule has 1 fully saturated rings. The zero-order valence-corrected chi connectivity index (χ0v) is 8.76. The van der Waals surface area contributed by atoms with Crippen LogP contribution in [0.1, 0.15) is 12.8 Å². The number of ether oxygens (including phenoxy) is 1. The lowest BCUT2D eigenvalue weighted by Gasteiger charge is -2.20. The van der Waals surface area contributed by atoms with Crippen LogP contribution in [0.4, 0.5) is 0 Å². The van der Waals surface area contributed by atoms with Gasteiger partial charge in [0.15, 0.2) is 0 Å². The highest BCUT2D eigenvalue weighted by atomic mass is 17.1. The third-order valence-corrected chi connectivity index (χ3v) is 2.41. The van der Waals surface area contributed by atoms with Crippen molar-refractivity contribution in [1.82, 2.24) is 10.8 Å². The summed E-state index contributed by atoms with van der Waals surface area (Å²) in [6.45, 7) is 0.452. The maximum atomic E-state index is 8.52. The Morgan fingerprint density at radius 3 is 1.75 bits per heavy atom. The Hall–Kier alpha value is -0.360. The van der Waals surface area contributed by atoms with Crippen LogP contribution >= 0.6 is 0 Å². The van der Waals surface area contributed by atoms with E-state index in [0.29, 0.717) is 19.4 Å². The van der Waals surface area contributed by atoms with Gasteiger partial charge in [-0.3, -0.25) is 20.8 Å². The third-order valence-electron chi connectivity index (χ3n) is 2.41. The fourth-order valence-electron chi connectivity index (χ4n) is 1.89. The number of methoxy groups -OCH3 is 1. The van der Waals surface area contributed by atoms with Crippen LogP contribution in [0.3, 0.4) is 0 Å². The molecule has 0 spiro atoms. The van der Waals surface area contributed by atoms with Crippen LogP contribution in [0.2, 0.25) is 0 Å². The van der Waals surface area contributed by atoms with Crippen molar-refractivity contribution < 1.29 is 35.2 Å². The molecule has 16 heavy (non-hydrogen) atoms. The molecule has 0 bridgehead atoms. The van der Waals surface area contributed by atoms with E-state index in [4.69, 9.17) is 25.6 Å². The number of rotatable bonds is 6. The van der Waals surface area contributed by atoms with Gasteiger partial charge in [0.25, 0.3) is 0 Å². The lowest BCUT2D eigenvalue weighted by Crippen LogP contribution is -2.35. The van der Waals surface area contributed by atoms with Crippen molar-refractivity contribution in [3.8, 4) is 0 Å². The monoisotopic (exact) mass is 240 g/mol. The fraction of sp³-hybridized carbons (Fsp3) is 1.00. The van der Waals surface area contributed by atoms with Gasteiger partial charge in [0, 0.05) is 13.7 Å². The summed E-state index contributed by atoms with van der Waals surface area (Å²) < 4.78 is 4.94. The first-order valence-electron chi connectivity index (χ1n) is 4.71. The molecule has 9 nitrogen and oxygen atoms in total. The predicted molar refractivity (Wildman–Crippen MR) is 45.2 cm³/mol. The third kappa shape index (κ3) is 4.25. The van der Waals surface area contributed by atoms with Crippen molar-refractivity contribution in [2.24, 2.45) is 5.92 Å². The molecule has 0 heterocycles. The molecule has 4 N–H and O–H groups in total. The minimum Gasteiger partial charge on any atom is -0.384 e. The zero-order valence-electron chi connectivity index (χ0n) is 8.76. The van der Waals surface area contributed by atoms with Crippen LogP contribution in [-0.4, -0.2) is 57.5 Å². The largest absolute Gasteiger partial charge is 0.384 e. The van der Waals surface area contributed by atoms with Crippen molar-refractivity contribution in [2.45, 2.75) is 25.0 Å². The van der Waals surface area contributed by atoms with E-state index in [1.807, 2.05) is 0 Å². The molecule has 0 aromatic rings. The van der Waals surface area contributed by atoms with E-state index in [0.717, 1.165) is 0 Å². The highest BCUT2D eigenvalue weighted by molar-refractivity contribution is 4.84. The fourth-order valence-corrected chi connectivity index (χ4v) is 1.89. The SMILES string of the molecule is COC[C@@H]1C[C@H](ON(O)O)[C@H](ON(O)O)C1. The first kappa shape index (κ1) is 13.7. The second kappa shape index (κ2) is 6.39. The highest BCUT2D eigenvalue weighted by Crippen LogP contribution is 2.31. The van der Waals surface area contributed by atoms with Crippen LogP contribution in [0.5, 0.6) is 0 Å². The van der Waals surface area contributed by atoms with E-state index in [-0.39, 0.29) is 5.92 Å². The van der Waals surface area contributed by atoms with Gasteiger partial charge >= 0.3 is 0 Å². The average molecular weight is 240 g/mol. The highest BCUT2D eigenvalue weighted by Gasteiger charge is 2.38. The van der Waals surface area contributed by atoms with Crippen LogP contribution in [-0.2, 0) is 14.4 Å². The summed E-state index contributed by atoms with van der Waals surface area (Å²) in [5.74, 6) is 0.0832.